The predicted octanol–water partition coefficient (Wildman–Crippen LogP) is 3.25. The lowest BCUT2D eigenvalue weighted by atomic mass is 9.81. The van der Waals surface area contributed by atoms with Gasteiger partial charge in [-0.1, -0.05) is 37.5 Å². The van der Waals surface area contributed by atoms with E-state index in [2.05, 4.69) is 5.10 Å². The van der Waals surface area contributed by atoms with Gasteiger partial charge in [0.2, 0.25) is 0 Å². The van der Waals surface area contributed by atoms with Crippen molar-refractivity contribution in [3.63, 3.8) is 0 Å². The van der Waals surface area contributed by atoms with E-state index < -0.39 is 0 Å². The average molecular weight is 240 g/mol. The van der Waals surface area contributed by atoms with Crippen LogP contribution in [0.1, 0.15) is 36.2 Å². The van der Waals surface area contributed by atoms with Crippen molar-refractivity contribution in [1.82, 2.24) is 9.78 Å². The van der Waals surface area contributed by atoms with Gasteiger partial charge in [0.05, 0.1) is 11.9 Å². The number of Topliss-reactive ketones (excluding diaryl/α,β-unsaturated/α-hetero) is 1. The minimum atomic E-state index is 0.209. The van der Waals surface area contributed by atoms with Crippen molar-refractivity contribution in [2.24, 2.45) is 5.92 Å². The smallest absolute Gasteiger partial charge is 0.181 e. The van der Waals surface area contributed by atoms with Crippen LogP contribution in [0.25, 0.3) is 5.69 Å². The van der Waals surface area contributed by atoms with E-state index in [0.717, 1.165) is 5.69 Å². The third-order valence-electron chi connectivity index (χ3n) is 3.63. The maximum atomic E-state index is 12.2. The van der Waals surface area contributed by atoms with Crippen LogP contribution in [-0.4, -0.2) is 15.6 Å². The molecule has 1 aliphatic carbocycles. The summed E-state index contributed by atoms with van der Waals surface area (Å²) in [6.07, 6.45) is 6.03. The number of benzene rings is 1. The van der Waals surface area contributed by atoms with Gasteiger partial charge < -0.3 is 0 Å². The molecule has 0 amide bonds. The molecule has 1 saturated carbocycles. The van der Waals surface area contributed by atoms with Crippen molar-refractivity contribution in [3.8, 4) is 5.69 Å². The van der Waals surface area contributed by atoms with E-state index in [9.17, 15) is 4.79 Å². The third kappa shape index (κ3) is 2.08. The Kier molecular flexibility index (Phi) is 2.97. The van der Waals surface area contributed by atoms with Gasteiger partial charge in [-0.25, -0.2) is 4.68 Å². The molecular formula is C15H16N2O. The number of nitrogens with zero attached hydrogens (tertiary/aromatic N) is 2. The number of para-hydroxylation sites is 1. The molecule has 0 N–H and O–H groups in total. The molecule has 1 aromatic carbocycles. The van der Waals surface area contributed by atoms with Gasteiger partial charge in [0.1, 0.15) is 5.69 Å². The molecule has 1 heterocycles. The first-order valence-electron chi connectivity index (χ1n) is 6.47. The van der Waals surface area contributed by atoms with E-state index in [-0.39, 0.29) is 5.78 Å². The van der Waals surface area contributed by atoms with Crippen molar-refractivity contribution in [3.05, 3.63) is 48.3 Å². The molecule has 0 bridgehead atoms. The van der Waals surface area contributed by atoms with Gasteiger partial charge in [-0.15, -0.1) is 0 Å². The molecule has 0 unspecified atom stereocenters. The van der Waals surface area contributed by atoms with Crippen LogP contribution in [0.3, 0.4) is 0 Å². The molecule has 0 radical (unpaired) electrons. The van der Waals surface area contributed by atoms with Crippen molar-refractivity contribution in [2.75, 3.05) is 0 Å². The fraction of sp³-hybridized carbons (Fsp3) is 0.333. The monoisotopic (exact) mass is 240 g/mol. The summed E-state index contributed by atoms with van der Waals surface area (Å²) < 4.78 is 1.74. The summed E-state index contributed by atoms with van der Waals surface area (Å²) in [6.45, 7) is 0. The zero-order chi connectivity index (χ0) is 12.4. The second kappa shape index (κ2) is 4.77. The molecule has 18 heavy (non-hydrogen) atoms. The lowest BCUT2D eigenvalue weighted by molar-refractivity contribution is 0.0929. The molecule has 0 aliphatic heterocycles. The summed E-state index contributed by atoms with van der Waals surface area (Å²) in [4.78, 5) is 12.2. The number of carbonyl (C=O) groups is 1. The summed E-state index contributed by atoms with van der Waals surface area (Å²) in [7, 11) is 0. The van der Waals surface area contributed by atoms with Gasteiger partial charge in [-0.3, -0.25) is 4.79 Å². The Hall–Kier alpha value is -1.90. The maximum absolute atomic E-state index is 12.2. The van der Waals surface area contributed by atoms with Gasteiger partial charge in [0.25, 0.3) is 0 Å². The summed E-state index contributed by atoms with van der Waals surface area (Å²) >= 11 is 0. The molecule has 3 rings (SSSR count). The van der Waals surface area contributed by atoms with Crippen LogP contribution in [0.2, 0.25) is 0 Å². The molecule has 0 atom stereocenters. The van der Waals surface area contributed by atoms with Crippen molar-refractivity contribution >= 4 is 5.78 Å². The zero-order valence-electron chi connectivity index (χ0n) is 10.2. The highest BCUT2D eigenvalue weighted by molar-refractivity contribution is 5.95. The zero-order valence-corrected chi connectivity index (χ0v) is 10.2. The Balaban J connectivity index is 1.84. The molecule has 1 aliphatic rings. The first-order chi connectivity index (χ1) is 8.84. The maximum Gasteiger partial charge on any atom is 0.181 e. The lowest BCUT2D eigenvalue weighted by Gasteiger charge is -2.24. The van der Waals surface area contributed by atoms with Crippen molar-refractivity contribution in [1.29, 1.82) is 0 Å². The standard InChI is InChI=1S/C15H16N2O/c18-15(11-12-5-4-6-12)14-9-10-16-17(14)13-7-2-1-3-8-13/h1-3,7-10,12H,4-6,11H2. The summed E-state index contributed by atoms with van der Waals surface area (Å²) in [5.74, 6) is 0.803. The summed E-state index contributed by atoms with van der Waals surface area (Å²) in [5.41, 5.74) is 1.65. The topological polar surface area (TPSA) is 34.9 Å². The first-order valence-corrected chi connectivity index (χ1v) is 6.47. The molecule has 3 nitrogen and oxygen atoms in total. The van der Waals surface area contributed by atoms with Crippen molar-refractivity contribution < 1.29 is 4.79 Å². The fourth-order valence-electron chi connectivity index (χ4n) is 2.35. The Labute approximate surface area is 106 Å². The van der Waals surface area contributed by atoms with Crippen LogP contribution in [-0.2, 0) is 0 Å². The summed E-state index contributed by atoms with van der Waals surface area (Å²) in [5, 5.41) is 4.25. The largest absolute Gasteiger partial charge is 0.292 e. The number of carbonyl (C=O) groups excluding carboxylic acids is 1. The summed E-state index contributed by atoms with van der Waals surface area (Å²) in [6, 6.07) is 11.6. The molecule has 2 aromatic rings. The number of aromatic nitrogens is 2. The predicted molar refractivity (Wildman–Crippen MR) is 69.9 cm³/mol. The van der Waals surface area contributed by atoms with Gasteiger partial charge in [0.15, 0.2) is 5.78 Å². The highest BCUT2D eigenvalue weighted by Gasteiger charge is 2.23. The van der Waals surface area contributed by atoms with E-state index in [1.54, 1.807) is 10.9 Å². The van der Waals surface area contributed by atoms with Crippen LogP contribution >= 0.6 is 0 Å². The SMILES string of the molecule is O=C(CC1CCC1)c1ccnn1-c1ccccc1. The molecule has 1 fully saturated rings. The van der Waals surface area contributed by atoms with Crippen LogP contribution in [0.5, 0.6) is 0 Å². The third-order valence-corrected chi connectivity index (χ3v) is 3.63. The normalized spacial score (nSPS) is 15.3. The van der Waals surface area contributed by atoms with Crippen LogP contribution < -0.4 is 0 Å². The lowest BCUT2D eigenvalue weighted by Crippen LogP contribution is -2.18. The van der Waals surface area contributed by atoms with Crippen LogP contribution in [0.15, 0.2) is 42.6 Å². The van der Waals surface area contributed by atoms with Crippen LogP contribution in [0, 0.1) is 5.92 Å². The molecule has 1 aromatic heterocycles. The van der Waals surface area contributed by atoms with Gasteiger partial charge in [0, 0.05) is 6.42 Å². The number of hydrogen-bond acceptors (Lipinski definition) is 2. The number of hydrogen-bond donors (Lipinski definition) is 0. The minimum Gasteiger partial charge on any atom is -0.292 e. The van der Waals surface area contributed by atoms with Gasteiger partial charge in [-0.05, 0) is 24.1 Å². The molecular weight excluding hydrogens is 224 g/mol. The van der Waals surface area contributed by atoms with Crippen LogP contribution in [0.4, 0.5) is 0 Å². The highest BCUT2D eigenvalue weighted by Crippen LogP contribution is 2.30. The fourth-order valence-corrected chi connectivity index (χ4v) is 2.35. The minimum absolute atomic E-state index is 0.209. The number of ketones is 1. The number of rotatable bonds is 4. The van der Waals surface area contributed by atoms with Gasteiger partial charge >= 0.3 is 0 Å². The second-order valence-corrected chi connectivity index (χ2v) is 4.89. The van der Waals surface area contributed by atoms with Gasteiger partial charge in [-0.2, -0.15) is 5.10 Å². The Morgan fingerprint density at radius 1 is 1.22 bits per heavy atom. The molecule has 0 spiro atoms. The second-order valence-electron chi connectivity index (χ2n) is 4.89. The van der Waals surface area contributed by atoms with E-state index in [1.165, 1.54) is 19.3 Å². The molecule has 0 saturated heterocycles. The average Bonchev–Trinajstić information content (AvgIpc) is 2.84. The Morgan fingerprint density at radius 2 is 2.00 bits per heavy atom. The van der Waals surface area contributed by atoms with E-state index in [0.29, 0.717) is 18.0 Å². The molecule has 3 heteroatoms. The van der Waals surface area contributed by atoms with E-state index >= 15 is 0 Å². The van der Waals surface area contributed by atoms with Crippen molar-refractivity contribution in [2.45, 2.75) is 25.7 Å². The van der Waals surface area contributed by atoms with E-state index in [4.69, 9.17) is 0 Å². The quantitative estimate of drug-likeness (QED) is 0.769. The Bertz CT molecular complexity index is 541. The highest BCUT2D eigenvalue weighted by atomic mass is 16.1. The molecule has 92 valence electrons. The van der Waals surface area contributed by atoms with E-state index in [1.807, 2.05) is 36.4 Å². The Morgan fingerprint density at radius 3 is 2.67 bits per heavy atom. The first kappa shape index (κ1) is 11.2.